The maximum atomic E-state index is 11.8. The van der Waals surface area contributed by atoms with Crippen LogP contribution in [0.15, 0.2) is 18.5 Å². The van der Waals surface area contributed by atoms with Gasteiger partial charge >= 0.3 is 5.97 Å². The van der Waals surface area contributed by atoms with E-state index in [4.69, 9.17) is 10.5 Å². The summed E-state index contributed by atoms with van der Waals surface area (Å²) < 4.78 is 6.70. The summed E-state index contributed by atoms with van der Waals surface area (Å²) in [6.45, 7) is 0.362. The summed E-state index contributed by atoms with van der Waals surface area (Å²) in [4.78, 5) is 16.2. The lowest BCUT2D eigenvalue weighted by Gasteiger charge is -2.05. The van der Waals surface area contributed by atoms with E-state index in [-0.39, 0.29) is 5.97 Å². The van der Waals surface area contributed by atoms with E-state index in [1.807, 2.05) is 22.9 Å². The summed E-state index contributed by atoms with van der Waals surface area (Å²) in [7, 11) is 1.38. The van der Waals surface area contributed by atoms with Gasteiger partial charge in [-0.25, -0.2) is 9.78 Å². The molecule has 0 saturated heterocycles. The maximum Gasteiger partial charge on any atom is 0.341 e. The number of fused-ring (bicyclic) bond motifs is 1. The van der Waals surface area contributed by atoms with E-state index >= 15 is 0 Å². The van der Waals surface area contributed by atoms with Crippen LogP contribution in [0.1, 0.15) is 40.4 Å². The van der Waals surface area contributed by atoms with Crippen LogP contribution in [0.3, 0.4) is 0 Å². The summed E-state index contributed by atoms with van der Waals surface area (Å²) in [6, 6.07) is 1.89. The van der Waals surface area contributed by atoms with Crippen molar-refractivity contribution in [2.45, 2.75) is 25.3 Å². The Balaban J connectivity index is 2.21. The summed E-state index contributed by atoms with van der Waals surface area (Å²) >= 11 is 0. The predicted octanol–water partition coefficient (Wildman–Crippen LogP) is 1.46. The minimum absolute atomic E-state index is 0.350. The Hall–Kier alpha value is -1.88. The Morgan fingerprint density at radius 3 is 2.94 bits per heavy atom. The molecule has 2 aromatic heterocycles. The quantitative estimate of drug-likeness (QED) is 0.831. The molecule has 1 aliphatic rings. The number of rotatable bonds is 3. The zero-order valence-electron chi connectivity index (χ0n) is 10.2. The first-order valence-corrected chi connectivity index (χ1v) is 6.03. The van der Waals surface area contributed by atoms with Crippen molar-refractivity contribution in [1.82, 2.24) is 9.38 Å². The minimum Gasteiger partial charge on any atom is -0.465 e. The van der Waals surface area contributed by atoms with E-state index in [0.717, 1.165) is 5.69 Å². The average molecular weight is 245 g/mol. The van der Waals surface area contributed by atoms with Crippen molar-refractivity contribution in [3.63, 3.8) is 0 Å². The summed E-state index contributed by atoms with van der Waals surface area (Å²) in [5.41, 5.74) is 8.66. The maximum absolute atomic E-state index is 11.8. The second kappa shape index (κ2) is 4.10. The number of carbonyl (C=O) groups excluding carboxylic acids is 1. The molecule has 0 unspecified atom stereocenters. The monoisotopic (exact) mass is 245 g/mol. The zero-order chi connectivity index (χ0) is 12.7. The van der Waals surface area contributed by atoms with E-state index in [1.54, 1.807) is 0 Å². The Labute approximate surface area is 105 Å². The van der Waals surface area contributed by atoms with Crippen molar-refractivity contribution in [2.75, 3.05) is 7.11 Å². The van der Waals surface area contributed by atoms with E-state index in [9.17, 15) is 4.79 Å². The summed E-state index contributed by atoms with van der Waals surface area (Å²) in [5, 5.41) is 0. The highest BCUT2D eigenvalue weighted by atomic mass is 16.5. The highest BCUT2D eigenvalue weighted by molar-refractivity contribution is 5.96. The van der Waals surface area contributed by atoms with Crippen molar-refractivity contribution >= 4 is 11.6 Å². The number of nitrogens with zero attached hydrogens (tertiary/aromatic N) is 2. The van der Waals surface area contributed by atoms with Gasteiger partial charge in [0.25, 0.3) is 0 Å². The molecule has 2 heterocycles. The van der Waals surface area contributed by atoms with Crippen molar-refractivity contribution in [3.05, 3.63) is 35.3 Å². The number of aromatic nitrogens is 2. The summed E-state index contributed by atoms with van der Waals surface area (Å²) in [5.74, 6) is 0.221. The molecule has 94 valence electrons. The van der Waals surface area contributed by atoms with Gasteiger partial charge in [-0.05, 0) is 30.4 Å². The van der Waals surface area contributed by atoms with Gasteiger partial charge in [-0.3, -0.25) is 0 Å². The van der Waals surface area contributed by atoms with E-state index in [1.165, 1.54) is 25.5 Å². The summed E-state index contributed by atoms with van der Waals surface area (Å²) in [6.07, 6.45) is 6.27. The van der Waals surface area contributed by atoms with Crippen LogP contribution in [0.4, 0.5) is 0 Å². The molecule has 2 aromatic rings. The first-order chi connectivity index (χ1) is 8.72. The molecule has 3 rings (SSSR count). The van der Waals surface area contributed by atoms with Gasteiger partial charge in [0.2, 0.25) is 0 Å². The van der Waals surface area contributed by atoms with Crippen LogP contribution in [-0.4, -0.2) is 22.5 Å². The number of nitrogens with two attached hydrogens (primary N) is 1. The molecule has 0 aromatic carbocycles. The average Bonchev–Trinajstić information content (AvgIpc) is 3.16. The lowest BCUT2D eigenvalue weighted by Crippen LogP contribution is -2.05. The van der Waals surface area contributed by atoms with Crippen LogP contribution in [-0.2, 0) is 11.3 Å². The standard InChI is InChI=1S/C13H15N3O2/c1-18-13(17)11-4-9(8-2-3-8)6-16-7-10(5-14)15-12(11)16/h4,6-8H,2-3,5,14H2,1H3. The van der Waals surface area contributed by atoms with Crippen LogP contribution >= 0.6 is 0 Å². The van der Waals surface area contributed by atoms with E-state index in [0.29, 0.717) is 23.7 Å². The topological polar surface area (TPSA) is 69.6 Å². The third kappa shape index (κ3) is 1.76. The van der Waals surface area contributed by atoms with Crippen LogP contribution in [0.5, 0.6) is 0 Å². The lowest BCUT2D eigenvalue weighted by molar-refractivity contribution is 0.0602. The molecular weight excluding hydrogens is 230 g/mol. The highest BCUT2D eigenvalue weighted by Gasteiger charge is 2.26. The number of esters is 1. The zero-order valence-corrected chi connectivity index (χ0v) is 10.2. The molecule has 0 aliphatic heterocycles. The molecule has 0 atom stereocenters. The van der Waals surface area contributed by atoms with Crippen LogP contribution in [0.25, 0.3) is 5.65 Å². The Kier molecular flexibility index (Phi) is 2.56. The third-order valence-corrected chi connectivity index (χ3v) is 3.29. The number of methoxy groups -OCH3 is 1. The van der Waals surface area contributed by atoms with Crippen LogP contribution < -0.4 is 5.73 Å². The van der Waals surface area contributed by atoms with Gasteiger partial charge in [0, 0.05) is 18.9 Å². The van der Waals surface area contributed by atoms with E-state index < -0.39 is 0 Å². The fraction of sp³-hybridized carbons (Fsp3) is 0.385. The Morgan fingerprint density at radius 1 is 1.56 bits per heavy atom. The second-order valence-corrected chi connectivity index (χ2v) is 4.62. The Morgan fingerprint density at radius 2 is 2.33 bits per heavy atom. The number of hydrogen-bond donors (Lipinski definition) is 1. The van der Waals surface area contributed by atoms with Gasteiger partial charge in [-0.1, -0.05) is 0 Å². The number of hydrogen-bond acceptors (Lipinski definition) is 4. The molecular formula is C13H15N3O2. The molecule has 5 heteroatoms. The van der Waals surface area contributed by atoms with Crippen molar-refractivity contribution in [3.8, 4) is 0 Å². The SMILES string of the molecule is COC(=O)c1cc(C2CC2)cn2cc(CN)nc12. The number of ether oxygens (including phenoxy) is 1. The van der Waals surface area contributed by atoms with Gasteiger partial charge < -0.3 is 14.9 Å². The van der Waals surface area contributed by atoms with Gasteiger partial charge in [0.15, 0.2) is 5.65 Å². The molecule has 0 bridgehead atoms. The smallest absolute Gasteiger partial charge is 0.341 e. The van der Waals surface area contributed by atoms with Gasteiger partial charge in [0.05, 0.1) is 12.8 Å². The molecule has 1 aliphatic carbocycles. The highest BCUT2D eigenvalue weighted by Crippen LogP contribution is 2.40. The fourth-order valence-electron chi connectivity index (χ4n) is 2.17. The Bertz CT molecular complexity index is 614. The minimum atomic E-state index is -0.350. The molecule has 5 nitrogen and oxygen atoms in total. The van der Waals surface area contributed by atoms with Crippen LogP contribution in [0.2, 0.25) is 0 Å². The van der Waals surface area contributed by atoms with E-state index in [2.05, 4.69) is 4.98 Å². The van der Waals surface area contributed by atoms with Crippen molar-refractivity contribution in [2.24, 2.45) is 5.73 Å². The normalized spacial score (nSPS) is 15.0. The lowest BCUT2D eigenvalue weighted by atomic mass is 10.1. The predicted molar refractivity (Wildman–Crippen MR) is 66.4 cm³/mol. The number of carbonyl (C=O) groups is 1. The fourth-order valence-corrected chi connectivity index (χ4v) is 2.17. The molecule has 0 radical (unpaired) electrons. The van der Waals surface area contributed by atoms with Gasteiger partial charge in [-0.15, -0.1) is 0 Å². The van der Waals surface area contributed by atoms with Crippen LogP contribution in [0, 0.1) is 0 Å². The number of imidazole rings is 1. The molecule has 0 amide bonds. The first kappa shape index (κ1) is 11.2. The molecule has 0 spiro atoms. The van der Waals surface area contributed by atoms with Crippen molar-refractivity contribution < 1.29 is 9.53 Å². The largest absolute Gasteiger partial charge is 0.465 e. The van der Waals surface area contributed by atoms with Gasteiger partial charge in [-0.2, -0.15) is 0 Å². The van der Waals surface area contributed by atoms with Crippen molar-refractivity contribution in [1.29, 1.82) is 0 Å². The number of pyridine rings is 1. The molecule has 2 N–H and O–H groups in total. The van der Waals surface area contributed by atoms with Gasteiger partial charge in [0.1, 0.15) is 5.56 Å². The third-order valence-electron chi connectivity index (χ3n) is 3.29. The first-order valence-electron chi connectivity index (χ1n) is 6.03. The molecule has 18 heavy (non-hydrogen) atoms. The second-order valence-electron chi connectivity index (χ2n) is 4.62. The molecule has 1 saturated carbocycles. The molecule has 1 fully saturated rings.